The number of carboxylic acid groups (broad SMARTS) is 1. The van der Waals surface area contributed by atoms with Crippen LogP contribution < -0.4 is 0 Å². The monoisotopic (exact) mass is 528 g/mol. The molecule has 0 amide bonds. The minimum atomic E-state index is -1.05. The van der Waals surface area contributed by atoms with E-state index in [1.807, 2.05) is 46.1 Å². The molecule has 0 aliphatic heterocycles. The summed E-state index contributed by atoms with van der Waals surface area (Å²) in [5.41, 5.74) is 7.05. The second-order valence-electron chi connectivity index (χ2n) is 11.9. The third-order valence-corrected chi connectivity index (χ3v) is 8.84. The Labute approximate surface area is 230 Å². The number of rotatable bonds is 8. The number of nitrogens with zero attached hydrogens (tertiary/aromatic N) is 6. The molecule has 0 unspecified atom stereocenters. The Hall–Kier alpha value is -3.55. The van der Waals surface area contributed by atoms with Crippen molar-refractivity contribution in [3.8, 4) is 0 Å². The number of fused-ring (bicyclic) bond motifs is 1. The highest BCUT2D eigenvalue weighted by molar-refractivity contribution is 5.81. The molecule has 206 valence electrons. The molecule has 4 aromatic rings. The van der Waals surface area contributed by atoms with Gasteiger partial charge in [0.25, 0.3) is 0 Å². The van der Waals surface area contributed by atoms with Gasteiger partial charge < -0.3 is 5.11 Å². The molecular formula is C31H40N6O2. The van der Waals surface area contributed by atoms with E-state index in [9.17, 15) is 9.90 Å². The summed E-state index contributed by atoms with van der Waals surface area (Å²) in [5, 5.41) is 27.6. The molecule has 2 heterocycles. The lowest BCUT2D eigenvalue weighted by Gasteiger charge is -2.33. The van der Waals surface area contributed by atoms with E-state index in [1.165, 1.54) is 49.7 Å². The number of carboxylic acids is 1. The molecule has 5 rings (SSSR count). The molecule has 0 spiro atoms. The van der Waals surface area contributed by atoms with Crippen molar-refractivity contribution in [1.82, 2.24) is 30.0 Å². The van der Waals surface area contributed by atoms with Crippen molar-refractivity contribution in [1.29, 1.82) is 0 Å². The highest BCUT2D eigenvalue weighted by atomic mass is 16.4. The molecule has 8 heteroatoms. The zero-order valence-corrected chi connectivity index (χ0v) is 23.8. The Bertz CT molecular complexity index is 1480. The van der Waals surface area contributed by atoms with Crippen molar-refractivity contribution in [2.45, 2.75) is 85.1 Å². The van der Waals surface area contributed by atoms with E-state index < -0.39 is 11.4 Å². The third-order valence-electron chi connectivity index (χ3n) is 8.84. The molecule has 1 saturated carbocycles. The number of benzene rings is 2. The average Bonchev–Trinajstić information content (AvgIpc) is 3.40. The Morgan fingerprint density at radius 2 is 1.82 bits per heavy atom. The fourth-order valence-corrected chi connectivity index (χ4v) is 6.29. The first-order valence-corrected chi connectivity index (χ1v) is 14.2. The number of carbonyl (C=O) groups is 1. The van der Waals surface area contributed by atoms with Gasteiger partial charge in [0.15, 0.2) is 0 Å². The lowest BCUT2D eigenvalue weighted by molar-refractivity contribution is -0.147. The van der Waals surface area contributed by atoms with Crippen LogP contribution >= 0.6 is 0 Å². The highest BCUT2D eigenvalue weighted by Gasteiger charge is 2.40. The maximum Gasteiger partial charge on any atom is 0.310 e. The second kappa shape index (κ2) is 10.9. The van der Waals surface area contributed by atoms with Crippen LogP contribution in [0.3, 0.4) is 0 Å². The molecular weight excluding hydrogens is 488 g/mol. The SMILES string of the molecule is Cc1ccc([C@@H](c2ccc3c(nnn3C)c2C)C(C)(C)C(=O)O)cc1Cc1cnnn1CC1CCCCCC1. The quantitative estimate of drug-likeness (QED) is 0.283. The van der Waals surface area contributed by atoms with E-state index in [-0.39, 0.29) is 5.92 Å². The topological polar surface area (TPSA) is 98.7 Å². The van der Waals surface area contributed by atoms with Crippen LogP contribution in [0.15, 0.2) is 36.5 Å². The molecule has 0 bridgehead atoms. The van der Waals surface area contributed by atoms with E-state index in [1.54, 1.807) is 4.68 Å². The first-order chi connectivity index (χ1) is 18.7. The van der Waals surface area contributed by atoms with E-state index in [0.29, 0.717) is 12.3 Å². The minimum Gasteiger partial charge on any atom is -0.481 e. The van der Waals surface area contributed by atoms with Gasteiger partial charge in [0.1, 0.15) is 5.52 Å². The van der Waals surface area contributed by atoms with Crippen molar-refractivity contribution in [2.75, 3.05) is 0 Å². The largest absolute Gasteiger partial charge is 0.481 e. The Balaban J connectivity index is 1.52. The summed E-state index contributed by atoms with van der Waals surface area (Å²) in [4.78, 5) is 12.6. The van der Waals surface area contributed by atoms with Crippen LogP contribution in [-0.4, -0.2) is 41.1 Å². The van der Waals surface area contributed by atoms with Crippen LogP contribution in [0.2, 0.25) is 0 Å². The van der Waals surface area contributed by atoms with Crippen molar-refractivity contribution >= 4 is 17.0 Å². The molecule has 8 nitrogen and oxygen atoms in total. The molecule has 39 heavy (non-hydrogen) atoms. The molecule has 0 saturated heterocycles. The Morgan fingerprint density at radius 1 is 1.08 bits per heavy atom. The predicted octanol–water partition coefficient (Wildman–Crippen LogP) is 5.98. The number of aliphatic carboxylic acids is 1. The maximum atomic E-state index is 12.6. The number of hydrogen-bond acceptors (Lipinski definition) is 5. The van der Waals surface area contributed by atoms with Gasteiger partial charge in [0, 0.05) is 25.9 Å². The highest BCUT2D eigenvalue weighted by Crippen LogP contribution is 2.44. The van der Waals surface area contributed by atoms with Gasteiger partial charge in [-0.15, -0.1) is 10.2 Å². The molecule has 1 N–H and O–H groups in total. The molecule has 1 aliphatic carbocycles. The van der Waals surface area contributed by atoms with Gasteiger partial charge in [-0.25, -0.2) is 9.36 Å². The predicted molar refractivity (Wildman–Crippen MR) is 152 cm³/mol. The first kappa shape index (κ1) is 27.0. The van der Waals surface area contributed by atoms with Crippen molar-refractivity contribution in [3.05, 3.63) is 70.0 Å². The molecule has 1 fully saturated rings. The van der Waals surface area contributed by atoms with E-state index in [2.05, 4.69) is 50.4 Å². The van der Waals surface area contributed by atoms with Gasteiger partial charge in [-0.1, -0.05) is 60.4 Å². The van der Waals surface area contributed by atoms with E-state index >= 15 is 0 Å². The van der Waals surface area contributed by atoms with Gasteiger partial charge in [-0.05, 0) is 80.3 Å². The van der Waals surface area contributed by atoms with Gasteiger partial charge in [-0.3, -0.25) is 4.79 Å². The minimum absolute atomic E-state index is 0.366. The Kier molecular flexibility index (Phi) is 7.56. The molecule has 2 aromatic heterocycles. The third kappa shape index (κ3) is 5.34. The second-order valence-corrected chi connectivity index (χ2v) is 11.9. The van der Waals surface area contributed by atoms with Gasteiger partial charge in [0.05, 0.1) is 22.8 Å². The van der Waals surface area contributed by atoms with Crippen LogP contribution in [0.5, 0.6) is 0 Å². The summed E-state index contributed by atoms with van der Waals surface area (Å²) in [6.07, 6.45) is 10.4. The summed E-state index contributed by atoms with van der Waals surface area (Å²) >= 11 is 0. The lowest BCUT2D eigenvalue weighted by atomic mass is 9.69. The Morgan fingerprint density at radius 3 is 2.54 bits per heavy atom. The number of aryl methyl sites for hydroxylation is 3. The van der Waals surface area contributed by atoms with Crippen LogP contribution in [0, 0.1) is 25.2 Å². The van der Waals surface area contributed by atoms with Crippen molar-refractivity contribution in [2.24, 2.45) is 18.4 Å². The van der Waals surface area contributed by atoms with Gasteiger partial charge in [-0.2, -0.15) is 0 Å². The van der Waals surface area contributed by atoms with E-state index in [0.717, 1.165) is 40.0 Å². The summed E-state index contributed by atoms with van der Waals surface area (Å²) in [7, 11) is 1.87. The molecule has 1 aliphatic rings. The smallest absolute Gasteiger partial charge is 0.310 e. The summed E-state index contributed by atoms with van der Waals surface area (Å²) < 4.78 is 3.84. The maximum absolute atomic E-state index is 12.6. The van der Waals surface area contributed by atoms with Gasteiger partial charge in [0.2, 0.25) is 0 Å². The lowest BCUT2D eigenvalue weighted by Crippen LogP contribution is -2.32. The summed E-state index contributed by atoms with van der Waals surface area (Å²) in [6, 6.07) is 10.4. The van der Waals surface area contributed by atoms with E-state index in [4.69, 9.17) is 0 Å². The first-order valence-electron chi connectivity index (χ1n) is 14.2. The average molecular weight is 529 g/mol. The fraction of sp³-hybridized carbons (Fsp3) is 0.516. The normalized spacial score (nSPS) is 15.9. The standard InChI is InChI=1S/C31H40N6O2/c1-20-12-13-23(16-24(20)17-25-18-32-34-37(25)19-22-10-8-6-7-9-11-22)28(31(3,4)30(38)39)26-14-15-27-29(21(26)2)33-35-36(27)5/h12-16,18,22,28H,6-11,17,19H2,1-5H3,(H,38,39)/t28-/m0/s1. The summed E-state index contributed by atoms with van der Waals surface area (Å²) in [5.74, 6) is -0.547. The van der Waals surface area contributed by atoms with Gasteiger partial charge >= 0.3 is 5.97 Å². The van der Waals surface area contributed by atoms with Crippen LogP contribution in [0.4, 0.5) is 0 Å². The van der Waals surface area contributed by atoms with Crippen LogP contribution in [0.1, 0.15) is 91.8 Å². The molecule has 1 atom stereocenters. The number of aromatic nitrogens is 6. The summed E-state index contributed by atoms with van der Waals surface area (Å²) in [6.45, 7) is 8.67. The van der Waals surface area contributed by atoms with Crippen LogP contribution in [-0.2, 0) is 24.8 Å². The van der Waals surface area contributed by atoms with Crippen molar-refractivity contribution < 1.29 is 9.90 Å². The van der Waals surface area contributed by atoms with Crippen LogP contribution in [0.25, 0.3) is 11.0 Å². The zero-order valence-electron chi connectivity index (χ0n) is 23.8. The molecule has 0 radical (unpaired) electrons. The fourth-order valence-electron chi connectivity index (χ4n) is 6.29. The zero-order chi connectivity index (χ0) is 27.7. The number of hydrogen-bond donors (Lipinski definition) is 1. The van der Waals surface area contributed by atoms with Crippen molar-refractivity contribution in [3.63, 3.8) is 0 Å². The molecule has 2 aromatic carbocycles.